The average Bonchev–Trinajstić information content (AvgIpc) is 3.45. The zero-order chi connectivity index (χ0) is 36.7. The second kappa shape index (κ2) is 16.7. The van der Waals surface area contributed by atoms with Crippen LogP contribution in [0.3, 0.4) is 0 Å². The number of ether oxygens (including phenoxy) is 4. The van der Waals surface area contributed by atoms with Crippen molar-refractivity contribution in [2.45, 2.75) is 70.6 Å². The van der Waals surface area contributed by atoms with Gasteiger partial charge in [0.15, 0.2) is 11.5 Å². The standard InChI is InChI=1S/C39H47N3O9/c1-6-50-34(45)23-30-37-35(40-38(46)26-14-17-31(48-4)32(21-26)49-5)28-22-27(51-20-10-19-43)15-16-29(28)42(37)39(47)36(24(2)3)41(30)33(44)18-13-25-11-8-7-9-12-25/h7-9,11-12,14-17,21-22,24,30,35-37,43H,6,10,13,18-20,23H2,1-5H3,(H,40,46)/t30?,35-,36-,37+/m0/s1. The molecule has 1 unspecified atom stereocenters. The molecule has 2 heterocycles. The van der Waals surface area contributed by atoms with E-state index < -0.39 is 36.0 Å². The van der Waals surface area contributed by atoms with Crippen molar-refractivity contribution in [2.75, 3.05) is 38.9 Å². The third-order valence-electron chi connectivity index (χ3n) is 9.35. The number of hydrogen-bond donors (Lipinski definition) is 2. The zero-order valence-electron chi connectivity index (χ0n) is 29.8. The maximum absolute atomic E-state index is 14.7. The third-order valence-corrected chi connectivity index (χ3v) is 9.35. The normalized spacial score (nSPS) is 19.3. The summed E-state index contributed by atoms with van der Waals surface area (Å²) in [6.45, 7) is 5.83. The Hall–Kier alpha value is -5.10. The summed E-state index contributed by atoms with van der Waals surface area (Å²) in [5.41, 5.74) is 2.40. The number of anilines is 1. The maximum atomic E-state index is 14.7. The van der Waals surface area contributed by atoms with Crippen LogP contribution in [0.25, 0.3) is 0 Å². The minimum Gasteiger partial charge on any atom is -0.493 e. The highest BCUT2D eigenvalue weighted by molar-refractivity contribution is 6.05. The van der Waals surface area contributed by atoms with Crippen LogP contribution < -0.4 is 24.4 Å². The van der Waals surface area contributed by atoms with E-state index in [1.54, 1.807) is 53.1 Å². The van der Waals surface area contributed by atoms with Crippen LogP contribution in [0.15, 0.2) is 66.7 Å². The number of aryl methyl sites for hydroxylation is 1. The number of fused-ring (bicyclic) bond motifs is 3. The molecule has 0 spiro atoms. The number of amides is 3. The molecule has 4 atom stereocenters. The first-order valence-corrected chi connectivity index (χ1v) is 17.4. The number of carbonyl (C=O) groups is 4. The number of piperazine rings is 1. The molecule has 2 aliphatic heterocycles. The van der Waals surface area contributed by atoms with Gasteiger partial charge < -0.3 is 39.2 Å². The zero-order valence-corrected chi connectivity index (χ0v) is 29.8. The van der Waals surface area contributed by atoms with Gasteiger partial charge in [-0.25, -0.2) is 0 Å². The summed E-state index contributed by atoms with van der Waals surface area (Å²) in [6.07, 6.45) is 0.787. The Morgan fingerprint density at radius 1 is 0.961 bits per heavy atom. The first-order valence-electron chi connectivity index (χ1n) is 17.4. The summed E-state index contributed by atoms with van der Waals surface area (Å²) in [4.78, 5) is 59.7. The molecule has 1 fully saturated rings. The van der Waals surface area contributed by atoms with Gasteiger partial charge in [-0.2, -0.15) is 0 Å². The molecule has 0 saturated carbocycles. The van der Waals surface area contributed by atoms with E-state index in [1.807, 2.05) is 44.2 Å². The number of aliphatic hydroxyl groups is 1. The van der Waals surface area contributed by atoms with Crippen molar-refractivity contribution >= 4 is 29.4 Å². The first kappa shape index (κ1) is 37.2. The quantitative estimate of drug-likeness (QED) is 0.173. The van der Waals surface area contributed by atoms with Crippen molar-refractivity contribution in [2.24, 2.45) is 5.92 Å². The van der Waals surface area contributed by atoms with E-state index in [0.29, 0.717) is 41.3 Å². The minimum absolute atomic E-state index is 0.0421. The number of esters is 1. The second-order valence-corrected chi connectivity index (χ2v) is 12.9. The van der Waals surface area contributed by atoms with E-state index >= 15 is 0 Å². The van der Waals surface area contributed by atoms with Gasteiger partial charge in [-0.3, -0.25) is 19.2 Å². The lowest BCUT2D eigenvalue weighted by Gasteiger charge is -2.51. The highest BCUT2D eigenvalue weighted by Gasteiger charge is 2.57. The van der Waals surface area contributed by atoms with Crippen LogP contribution in [0.5, 0.6) is 17.2 Å². The molecule has 3 amide bonds. The Bertz CT molecular complexity index is 1710. The summed E-state index contributed by atoms with van der Waals surface area (Å²) >= 11 is 0. The molecule has 2 aliphatic rings. The van der Waals surface area contributed by atoms with Gasteiger partial charge in [-0.15, -0.1) is 0 Å². The van der Waals surface area contributed by atoms with Crippen molar-refractivity contribution in [3.05, 3.63) is 83.4 Å². The summed E-state index contributed by atoms with van der Waals surface area (Å²) in [7, 11) is 2.98. The predicted molar refractivity (Wildman–Crippen MR) is 190 cm³/mol. The smallest absolute Gasteiger partial charge is 0.307 e. The molecule has 0 aromatic heterocycles. The van der Waals surface area contributed by atoms with E-state index in [1.165, 1.54) is 14.2 Å². The number of methoxy groups -OCH3 is 2. The van der Waals surface area contributed by atoms with E-state index in [-0.39, 0.29) is 56.0 Å². The highest BCUT2D eigenvalue weighted by Crippen LogP contribution is 2.48. The maximum Gasteiger partial charge on any atom is 0.307 e. The molecule has 0 radical (unpaired) electrons. The third kappa shape index (κ3) is 7.96. The molecule has 3 aromatic carbocycles. The van der Waals surface area contributed by atoms with Crippen molar-refractivity contribution in [3.63, 3.8) is 0 Å². The second-order valence-electron chi connectivity index (χ2n) is 12.9. The van der Waals surface area contributed by atoms with Crippen molar-refractivity contribution in [1.29, 1.82) is 0 Å². The number of aliphatic hydroxyl groups excluding tert-OH is 1. The van der Waals surface area contributed by atoms with Gasteiger partial charge in [0, 0.05) is 36.3 Å². The van der Waals surface area contributed by atoms with Crippen LogP contribution in [0.2, 0.25) is 0 Å². The molecule has 3 aromatic rings. The van der Waals surface area contributed by atoms with Crippen molar-refractivity contribution < 1.29 is 43.2 Å². The van der Waals surface area contributed by atoms with Crippen molar-refractivity contribution in [1.82, 2.24) is 10.2 Å². The molecule has 12 heteroatoms. The van der Waals surface area contributed by atoms with Crippen LogP contribution in [0, 0.1) is 5.92 Å². The van der Waals surface area contributed by atoms with Crippen LogP contribution in [0.1, 0.15) is 67.6 Å². The lowest BCUT2D eigenvalue weighted by Crippen LogP contribution is -2.70. The Balaban J connectivity index is 1.62. The number of hydrogen-bond acceptors (Lipinski definition) is 9. The van der Waals surface area contributed by atoms with E-state index in [0.717, 1.165) is 5.56 Å². The predicted octanol–water partition coefficient (Wildman–Crippen LogP) is 4.47. The van der Waals surface area contributed by atoms with Gasteiger partial charge in [0.2, 0.25) is 11.8 Å². The van der Waals surface area contributed by atoms with Gasteiger partial charge in [-0.05, 0) is 61.2 Å². The Morgan fingerprint density at radius 2 is 1.71 bits per heavy atom. The molecule has 51 heavy (non-hydrogen) atoms. The number of nitrogens with one attached hydrogen (secondary N) is 1. The monoisotopic (exact) mass is 701 g/mol. The van der Waals surface area contributed by atoms with Gasteiger partial charge in [0.05, 0.1) is 52.0 Å². The van der Waals surface area contributed by atoms with Gasteiger partial charge >= 0.3 is 5.97 Å². The number of carbonyl (C=O) groups excluding carboxylic acids is 4. The number of rotatable bonds is 15. The lowest BCUT2D eigenvalue weighted by molar-refractivity contribution is -0.154. The fourth-order valence-corrected chi connectivity index (χ4v) is 7.08. The first-order chi connectivity index (χ1) is 24.6. The fraction of sp³-hybridized carbons (Fsp3) is 0.436. The number of nitrogens with zero attached hydrogens (tertiary/aromatic N) is 2. The molecule has 0 bridgehead atoms. The molecular weight excluding hydrogens is 654 g/mol. The summed E-state index contributed by atoms with van der Waals surface area (Å²) < 4.78 is 22.1. The Morgan fingerprint density at radius 3 is 2.37 bits per heavy atom. The van der Waals surface area contributed by atoms with E-state index in [9.17, 15) is 24.3 Å². The van der Waals surface area contributed by atoms with E-state index in [4.69, 9.17) is 18.9 Å². The minimum atomic E-state index is -0.877. The fourth-order valence-electron chi connectivity index (χ4n) is 7.08. The van der Waals surface area contributed by atoms with Gasteiger partial charge in [0.25, 0.3) is 5.91 Å². The molecule has 12 nitrogen and oxygen atoms in total. The van der Waals surface area contributed by atoms with Crippen molar-refractivity contribution in [3.8, 4) is 17.2 Å². The molecule has 0 aliphatic carbocycles. The Kier molecular flexibility index (Phi) is 12.2. The van der Waals surface area contributed by atoms with Crippen LogP contribution in [-0.4, -0.2) is 85.9 Å². The summed E-state index contributed by atoms with van der Waals surface area (Å²) in [5, 5.41) is 12.4. The molecule has 2 N–H and O–H groups in total. The number of benzene rings is 3. The van der Waals surface area contributed by atoms with Crippen LogP contribution in [0.4, 0.5) is 5.69 Å². The SMILES string of the molecule is CCOC(=O)CC1[C@@H]2[C@@H](NC(=O)c3ccc(OC)c(OC)c3)c3cc(OCCCO)ccc3N2C(=O)[C@H](C(C)C)N1C(=O)CCc1ccccc1. The molecule has 272 valence electrons. The summed E-state index contributed by atoms with van der Waals surface area (Å²) in [5.74, 6) is -0.555. The summed E-state index contributed by atoms with van der Waals surface area (Å²) in [6, 6.07) is 16.2. The van der Waals surface area contributed by atoms with E-state index in [2.05, 4.69) is 5.32 Å². The molecular formula is C39H47N3O9. The van der Waals surface area contributed by atoms with Gasteiger partial charge in [0.1, 0.15) is 11.8 Å². The molecule has 5 rings (SSSR count). The average molecular weight is 702 g/mol. The largest absolute Gasteiger partial charge is 0.493 e. The van der Waals surface area contributed by atoms with Gasteiger partial charge in [-0.1, -0.05) is 44.2 Å². The Labute approximate surface area is 298 Å². The van der Waals surface area contributed by atoms with Crippen LogP contribution in [-0.2, 0) is 25.5 Å². The lowest BCUT2D eigenvalue weighted by atomic mass is 9.86. The topological polar surface area (TPSA) is 144 Å². The molecule has 1 saturated heterocycles. The highest BCUT2D eigenvalue weighted by atomic mass is 16.5. The van der Waals surface area contributed by atoms with Crippen LogP contribution >= 0.6 is 0 Å².